The van der Waals surface area contributed by atoms with Crippen LogP contribution in [0, 0.1) is 13.8 Å². The van der Waals surface area contributed by atoms with Gasteiger partial charge in [-0.3, -0.25) is 0 Å². The second kappa shape index (κ2) is 8.35. The third-order valence-corrected chi connectivity index (χ3v) is 5.45. The highest BCUT2D eigenvalue weighted by Gasteiger charge is 2.24. The second-order valence-corrected chi connectivity index (χ2v) is 8.54. The molecule has 0 N–H and O–H groups in total. The lowest BCUT2D eigenvalue weighted by atomic mass is 9.87. The smallest absolute Gasteiger partial charge is 0.0411 e. The van der Waals surface area contributed by atoms with E-state index in [1.807, 2.05) is 19.1 Å². The molecular weight excluding hydrogens is 356 g/mol. The van der Waals surface area contributed by atoms with Crippen molar-refractivity contribution in [1.82, 2.24) is 0 Å². The monoisotopic (exact) mass is 382 g/mol. The van der Waals surface area contributed by atoms with Gasteiger partial charge in [0.15, 0.2) is 0 Å². The standard InChI is InChI=1S/C24H27ClS/c1-7-17(4)23-10-9-20(13-18(23)5)19(8-2)15-24(6,26)21-11-16(3)12-22(25)14-21/h8-14,26H,1,15H2,2-6H3/b19-8+. The number of benzene rings is 2. The highest BCUT2D eigenvalue weighted by Crippen LogP contribution is 2.39. The normalized spacial score (nSPS) is 13.9. The van der Waals surface area contributed by atoms with E-state index in [0.29, 0.717) is 0 Å². The molecule has 0 bridgehead atoms. The van der Waals surface area contributed by atoms with Gasteiger partial charge in [0.2, 0.25) is 0 Å². The zero-order chi connectivity index (χ0) is 19.5. The van der Waals surface area contributed by atoms with E-state index in [4.69, 9.17) is 24.2 Å². The summed E-state index contributed by atoms with van der Waals surface area (Å²) in [4.78, 5) is 0. The molecule has 0 amide bonds. The summed E-state index contributed by atoms with van der Waals surface area (Å²) in [5.41, 5.74) is 11.3. The molecule has 0 radical (unpaired) electrons. The third-order valence-electron chi connectivity index (χ3n) is 4.81. The van der Waals surface area contributed by atoms with Crippen molar-refractivity contribution in [1.29, 1.82) is 0 Å². The maximum Gasteiger partial charge on any atom is 0.0411 e. The fourth-order valence-corrected chi connectivity index (χ4v) is 3.86. The average Bonchev–Trinajstić information content (AvgIpc) is 2.58. The maximum absolute atomic E-state index is 6.26. The van der Waals surface area contributed by atoms with Crippen molar-refractivity contribution in [3.05, 3.63) is 87.6 Å². The first kappa shape index (κ1) is 20.6. The molecule has 0 heterocycles. The van der Waals surface area contributed by atoms with E-state index in [1.165, 1.54) is 22.3 Å². The van der Waals surface area contributed by atoms with Gasteiger partial charge >= 0.3 is 0 Å². The first-order chi connectivity index (χ1) is 12.2. The van der Waals surface area contributed by atoms with E-state index in [0.717, 1.165) is 28.1 Å². The van der Waals surface area contributed by atoms with Crippen LogP contribution in [-0.2, 0) is 4.75 Å². The number of hydrogen-bond donors (Lipinski definition) is 1. The van der Waals surface area contributed by atoms with Crippen molar-refractivity contribution in [2.75, 3.05) is 0 Å². The van der Waals surface area contributed by atoms with Gasteiger partial charge in [-0.05, 0) is 92.1 Å². The summed E-state index contributed by atoms with van der Waals surface area (Å²) >= 11 is 11.2. The van der Waals surface area contributed by atoms with Gasteiger partial charge < -0.3 is 0 Å². The Kier molecular flexibility index (Phi) is 6.64. The lowest BCUT2D eigenvalue weighted by Gasteiger charge is -2.27. The molecular formula is C24H27ClS. The Morgan fingerprint density at radius 2 is 1.92 bits per heavy atom. The van der Waals surface area contributed by atoms with Crippen LogP contribution in [0.15, 0.2) is 54.8 Å². The predicted octanol–water partition coefficient (Wildman–Crippen LogP) is 7.78. The molecule has 0 nitrogen and oxygen atoms in total. The van der Waals surface area contributed by atoms with Gasteiger partial charge in [-0.25, -0.2) is 0 Å². The van der Waals surface area contributed by atoms with Gasteiger partial charge in [-0.1, -0.05) is 48.5 Å². The number of thiol groups is 1. The Hall–Kier alpha value is -1.66. The van der Waals surface area contributed by atoms with Crippen molar-refractivity contribution in [2.24, 2.45) is 0 Å². The number of hydrogen-bond acceptors (Lipinski definition) is 1. The van der Waals surface area contributed by atoms with Crippen LogP contribution in [0.2, 0.25) is 5.02 Å². The Labute approximate surface area is 168 Å². The van der Waals surface area contributed by atoms with Crippen LogP contribution in [0.5, 0.6) is 0 Å². The molecule has 0 aliphatic rings. The molecule has 0 aromatic heterocycles. The molecule has 0 aliphatic heterocycles. The topological polar surface area (TPSA) is 0 Å². The van der Waals surface area contributed by atoms with Crippen molar-refractivity contribution < 1.29 is 0 Å². The third kappa shape index (κ3) is 4.74. The molecule has 0 fully saturated rings. The van der Waals surface area contributed by atoms with Crippen LogP contribution in [0.25, 0.3) is 11.1 Å². The summed E-state index contributed by atoms with van der Waals surface area (Å²) in [5.74, 6) is 0. The minimum atomic E-state index is -0.305. The van der Waals surface area contributed by atoms with Crippen molar-refractivity contribution in [2.45, 2.75) is 45.8 Å². The van der Waals surface area contributed by atoms with Gasteiger partial charge in [0.05, 0.1) is 0 Å². The highest BCUT2D eigenvalue weighted by molar-refractivity contribution is 7.81. The van der Waals surface area contributed by atoms with Gasteiger partial charge in [0, 0.05) is 9.77 Å². The summed E-state index contributed by atoms with van der Waals surface area (Å²) in [7, 11) is 0. The predicted molar refractivity (Wildman–Crippen MR) is 120 cm³/mol. The largest absolute Gasteiger partial charge is 0.168 e. The Morgan fingerprint density at radius 3 is 2.46 bits per heavy atom. The van der Waals surface area contributed by atoms with Crippen LogP contribution in [0.3, 0.4) is 0 Å². The van der Waals surface area contributed by atoms with E-state index in [1.54, 1.807) is 0 Å². The fourth-order valence-electron chi connectivity index (χ4n) is 3.27. The Bertz CT molecular complexity index is 876. The van der Waals surface area contributed by atoms with Gasteiger partial charge in [-0.15, -0.1) is 5.73 Å². The van der Waals surface area contributed by atoms with Crippen LogP contribution in [0.4, 0.5) is 0 Å². The van der Waals surface area contributed by atoms with Gasteiger partial charge in [0.25, 0.3) is 0 Å². The van der Waals surface area contributed by atoms with Crippen molar-refractivity contribution >= 4 is 35.4 Å². The van der Waals surface area contributed by atoms with Crippen LogP contribution < -0.4 is 0 Å². The SMILES string of the molecule is C=C=C(C)c1ccc(/C(=C/C)CC(C)(S)c2cc(C)cc(Cl)c2)cc1C. The Morgan fingerprint density at radius 1 is 1.23 bits per heavy atom. The first-order valence-corrected chi connectivity index (χ1v) is 9.63. The number of rotatable bonds is 5. The molecule has 2 aromatic rings. The minimum absolute atomic E-state index is 0.305. The van der Waals surface area contributed by atoms with Crippen molar-refractivity contribution in [3.8, 4) is 0 Å². The summed E-state index contributed by atoms with van der Waals surface area (Å²) in [5, 5.41) is 0.759. The van der Waals surface area contributed by atoms with Gasteiger partial charge in [-0.2, -0.15) is 12.6 Å². The summed E-state index contributed by atoms with van der Waals surface area (Å²) in [6, 6.07) is 12.7. The molecule has 2 heteroatoms. The molecule has 0 spiro atoms. The molecule has 1 atom stereocenters. The maximum atomic E-state index is 6.26. The number of halogens is 1. The molecule has 2 aromatic carbocycles. The van der Waals surface area contributed by atoms with E-state index < -0.39 is 0 Å². The minimum Gasteiger partial charge on any atom is -0.168 e. The molecule has 2 rings (SSSR count). The van der Waals surface area contributed by atoms with Crippen LogP contribution in [0.1, 0.15) is 55.0 Å². The molecule has 0 aliphatic carbocycles. The summed E-state index contributed by atoms with van der Waals surface area (Å²) < 4.78 is -0.305. The van der Waals surface area contributed by atoms with E-state index >= 15 is 0 Å². The lowest BCUT2D eigenvalue weighted by molar-refractivity contribution is 0.722. The second-order valence-electron chi connectivity index (χ2n) is 7.11. The first-order valence-electron chi connectivity index (χ1n) is 8.81. The number of aryl methyl sites for hydroxylation is 2. The quantitative estimate of drug-likeness (QED) is 0.396. The van der Waals surface area contributed by atoms with Crippen LogP contribution >= 0.6 is 24.2 Å². The Balaban J connectivity index is 2.37. The van der Waals surface area contributed by atoms with Crippen LogP contribution in [-0.4, -0.2) is 0 Å². The molecule has 0 saturated carbocycles. The highest BCUT2D eigenvalue weighted by atomic mass is 35.5. The number of allylic oxidation sites excluding steroid dienone is 3. The average molecular weight is 383 g/mol. The van der Waals surface area contributed by atoms with E-state index in [2.05, 4.69) is 70.3 Å². The summed E-state index contributed by atoms with van der Waals surface area (Å²) in [6.07, 6.45) is 3.00. The molecule has 136 valence electrons. The zero-order valence-electron chi connectivity index (χ0n) is 16.3. The van der Waals surface area contributed by atoms with Crippen molar-refractivity contribution in [3.63, 3.8) is 0 Å². The van der Waals surface area contributed by atoms with E-state index in [-0.39, 0.29) is 4.75 Å². The molecule has 1 unspecified atom stereocenters. The lowest BCUT2D eigenvalue weighted by Crippen LogP contribution is -2.15. The molecule has 26 heavy (non-hydrogen) atoms. The fraction of sp³-hybridized carbons (Fsp3) is 0.292. The zero-order valence-corrected chi connectivity index (χ0v) is 17.9. The van der Waals surface area contributed by atoms with E-state index in [9.17, 15) is 0 Å². The van der Waals surface area contributed by atoms with Gasteiger partial charge in [0.1, 0.15) is 0 Å². The summed E-state index contributed by atoms with van der Waals surface area (Å²) in [6.45, 7) is 14.2. The molecule has 0 saturated heterocycles.